The summed E-state index contributed by atoms with van der Waals surface area (Å²) in [7, 11) is 0. The maximum Gasteiger partial charge on any atom is 0.233 e. The SMILES string of the molecule is CC(C)N(Cc1ccccc1)C(=O)CSc1nnc(COc2ccccc2Cl)n1C1CC1. The Kier molecular flexibility index (Phi) is 7.37. The summed E-state index contributed by atoms with van der Waals surface area (Å²) >= 11 is 7.64. The predicted molar refractivity (Wildman–Crippen MR) is 127 cm³/mol. The molecule has 0 spiro atoms. The molecule has 0 unspecified atom stereocenters. The van der Waals surface area contributed by atoms with E-state index in [0.717, 1.165) is 29.4 Å². The lowest BCUT2D eigenvalue weighted by atomic mass is 10.2. The molecule has 0 aliphatic heterocycles. The van der Waals surface area contributed by atoms with Crippen LogP contribution in [0.2, 0.25) is 5.02 Å². The van der Waals surface area contributed by atoms with Crippen LogP contribution >= 0.6 is 23.4 Å². The first-order valence-corrected chi connectivity index (χ1v) is 12.2. The zero-order chi connectivity index (χ0) is 22.5. The van der Waals surface area contributed by atoms with Crippen LogP contribution in [0.5, 0.6) is 5.75 Å². The number of rotatable bonds is 10. The highest BCUT2D eigenvalue weighted by atomic mass is 35.5. The van der Waals surface area contributed by atoms with Crippen LogP contribution in [-0.2, 0) is 17.9 Å². The molecule has 32 heavy (non-hydrogen) atoms. The molecule has 6 nitrogen and oxygen atoms in total. The summed E-state index contributed by atoms with van der Waals surface area (Å²) in [6, 6.07) is 17.9. The van der Waals surface area contributed by atoms with E-state index in [9.17, 15) is 4.79 Å². The first kappa shape index (κ1) is 22.7. The van der Waals surface area contributed by atoms with Gasteiger partial charge in [0.2, 0.25) is 5.91 Å². The molecule has 4 rings (SSSR count). The van der Waals surface area contributed by atoms with Crippen molar-refractivity contribution < 1.29 is 9.53 Å². The number of aromatic nitrogens is 3. The molecular weight excluding hydrogens is 444 g/mol. The van der Waals surface area contributed by atoms with Gasteiger partial charge < -0.3 is 9.64 Å². The molecule has 1 saturated carbocycles. The quantitative estimate of drug-likeness (QED) is 0.372. The van der Waals surface area contributed by atoms with Crippen LogP contribution in [0.4, 0.5) is 0 Å². The van der Waals surface area contributed by atoms with E-state index in [1.807, 2.05) is 67.3 Å². The average molecular weight is 471 g/mol. The van der Waals surface area contributed by atoms with Gasteiger partial charge in [-0.3, -0.25) is 9.36 Å². The van der Waals surface area contributed by atoms with Crippen molar-refractivity contribution in [2.75, 3.05) is 5.75 Å². The second-order valence-electron chi connectivity index (χ2n) is 8.11. The monoisotopic (exact) mass is 470 g/mol. The highest BCUT2D eigenvalue weighted by Gasteiger charge is 2.30. The van der Waals surface area contributed by atoms with E-state index >= 15 is 0 Å². The predicted octanol–water partition coefficient (Wildman–Crippen LogP) is 5.37. The molecule has 168 valence electrons. The van der Waals surface area contributed by atoms with Crippen LogP contribution in [0.3, 0.4) is 0 Å². The molecule has 0 radical (unpaired) electrons. The van der Waals surface area contributed by atoms with Gasteiger partial charge in [-0.15, -0.1) is 10.2 Å². The Hall–Kier alpha value is -2.51. The van der Waals surface area contributed by atoms with E-state index in [4.69, 9.17) is 16.3 Å². The van der Waals surface area contributed by atoms with Crippen molar-refractivity contribution in [3.05, 3.63) is 71.0 Å². The Morgan fingerprint density at radius 2 is 1.88 bits per heavy atom. The van der Waals surface area contributed by atoms with Crippen molar-refractivity contribution in [1.29, 1.82) is 0 Å². The first-order chi connectivity index (χ1) is 15.5. The third kappa shape index (κ3) is 5.64. The summed E-state index contributed by atoms with van der Waals surface area (Å²) in [6.07, 6.45) is 2.18. The van der Waals surface area contributed by atoms with Gasteiger partial charge >= 0.3 is 0 Å². The zero-order valence-corrected chi connectivity index (χ0v) is 19.9. The molecule has 1 aliphatic carbocycles. The lowest BCUT2D eigenvalue weighted by molar-refractivity contribution is -0.130. The molecular formula is C24H27ClN4O2S. The van der Waals surface area contributed by atoms with Gasteiger partial charge in [0.25, 0.3) is 0 Å². The average Bonchev–Trinajstić information content (AvgIpc) is 3.55. The summed E-state index contributed by atoms with van der Waals surface area (Å²) in [5, 5.41) is 10.0. The van der Waals surface area contributed by atoms with Gasteiger partial charge in [0.15, 0.2) is 11.0 Å². The summed E-state index contributed by atoms with van der Waals surface area (Å²) in [5.41, 5.74) is 1.12. The number of carbonyl (C=O) groups excluding carboxylic acids is 1. The smallest absolute Gasteiger partial charge is 0.233 e. The van der Waals surface area contributed by atoms with Gasteiger partial charge in [0.05, 0.1) is 10.8 Å². The number of para-hydroxylation sites is 1. The van der Waals surface area contributed by atoms with Gasteiger partial charge in [-0.05, 0) is 44.4 Å². The number of amides is 1. The van der Waals surface area contributed by atoms with Crippen LogP contribution in [0.25, 0.3) is 0 Å². The molecule has 0 N–H and O–H groups in total. The molecule has 1 aromatic heterocycles. The second kappa shape index (κ2) is 10.4. The number of benzene rings is 2. The summed E-state index contributed by atoms with van der Waals surface area (Å²) in [4.78, 5) is 14.9. The number of thioether (sulfide) groups is 1. The minimum Gasteiger partial charge on any atom is -0.484 e. The fourth-order valence-corrected chi connectivity index (χ4v) is 4.56. The number of carbonyl (C=O) groups is 1. The van der Waals surface area contributed by atoms with Crippen molar-refractivity contribution >= 4 is 29.3 Å². The lowest BCUT2D eigenvalue weighted by Crippen LogP contribution is -2.37. The van der Waals surface area contributed by atoms with Gasteiger partial charge in [-0.2, -0.15) is 0 Å². The highest BCUT2D eigenvalue weighted by molar-refractivity contribution is 7.99. The van der Waals surface area contributed by atoms with Gasteiger partial charge in [-0.25, -0.2) is 0 Å². The Bertz CT molecular complexity index is 1050. The maximum atomic E-state index is 13.0. The fourth-order valence-electron chi connectivity index (χ4n) is 3.46. The van der Waals surface area contributed by atoms with E-state index in [-0.39, 0.29) is 18.6 Å². The molecule has 8 heteroatoms. The maximum absolute atomic E-state index is 13.0. The summed E-state index contributed by atoms with van der Waals surface area (Å²) in [6.45, 7) is 4.97. The Labute approximate surface area is 197 Å². The van der Waals surface area contributed by atoms with E-state index < -0.39 is 0 Å². The molecule has 0 saturated heterocycles. The normalized spacial score (nSPS) is 13.4. The number of ether oxygens (including phenoxy) is 1. The van der Waals surface area contributed by atoms with E-state index in [0.29, 0.717) is 29.1 Å². The van der Waals surface area contributed by atoms with E-state index in [1.165, 1.54) is 11.8 Å². The first-order valence-electron chi connectivity index (χ1n) is 10.8. The largest absolute Gasteiger partial charge is 0.484 e. The molecule has 1 heterocycles. The second-order valence-corrected chi connectivity index (χ2v) is 9.46. The van der Waals surface area contributed by atoms with Crippen molar-refractivity contribution in [3.63, 3.8) is 0 Å². The van der Waals surface area contributed by atoms with Gasteiger partial charge in [-0.1, -0.05) is 65.8 Å². The van der Waals surface area contributed by atoms with Crippen molar-refractivity contribution in [3.8, 4) is 5.75 Å². The third-order valence-electron chi connectivity index (χ3n) is 5.30. The minimum atomic E-state index is 0.0908. The van der Waals surface area contributed by atoms with Crippen molar-refractivity contribution in [1.82, 2.24) is 19.7 Å². The lowest BCUT2D eigenvalue weighted by Gasteiger charge is -2.26. The molecule has 3 aromatic rings. The molecule has 1 aliphatic rings. The van der Waals surface area contributed by atoms with Crippen LogP contribution in [0.1, 0.15) is 44.1 Å². The van der Waals surface area contributed by atoms with Crippen LogP contribution in [0, 0.1) is 0 Å². The molecule has 2 aromatic carbocycles. The van der Waals surface area contributed by atoms with Crippen molar-refractivity contribution in [2.24, 2.45) is 0 Å². The summed E-state index contributed by atoms with van der Waals surface area (Å²) in [5.74, 6) is 1.79. The van der Waals surface area contributed by atoms with Gasteiger partial charge in [0, 0.05) is 18.6 Å². The third-order valence-corrected chi connectivity index (χ3v) is 6.54. The highest BCUT2D eigenvalue weighted by Crippen LogP contribution is 2.39. The number of hydrogen-bond donors (Lipinski definition) is 0. The molecule has 1 amide bonds. The standard InChI is InChI=1S/C24H27ClN4O2S/c1-17(2)28(14-18-8-4-3-5-9-18)23(30)16-32-24-27-26-22(29(24)19-12-13-19)15-31-21-11-7-6-10-20(21)25/h3-11,17,19H,12-16H2,1-2H3. The van der Waals surface area contributed by atoms with Crippen LogP contribution < -0.4 is 4.74 Å². The van der Waals surface area contributed by atoms with E-state index in [2.05, 4.69) is 14.8 Å². The van der Waals surface area contributed by atoms with Gasteiger partial charge in [0.1, 0.15) is 12.4 Å². The minimum absolute atomic E-state index is 0.0908. The number of hydrogen-bond acceptors (Lipinski definition) is 5. The van der Waals surface area contributed by atoms with Crippen molar-refractivity contribution in [2.45, 2.75) is 57.1 Å². The fraction of sp³-hybridized carbons (Fsp3) is 0.375. The number of halogens is 1. The Balaban J connectivity index is 1.41. The topological polar surface area (TPSA) is 60.3 Å². The van der Waals surface area contributed by atoms with Crippen LogP contribution in [-0.4, -0.2) is 37.4 Å². The molecule has 0 bridgehead atoms. The molecule has 1 fully saturated rings. The van der Waals surface area contributed by atoms with E-state index in [1.54, 1.807) is 6.07 Å². The Morgan fingerprint density at radius 1 is 1.16 bits per heavy atom. The number of nitrogens with zero attached hydrogens (tertiary/aromatic N) is 4. The zero-order valence-electron chi connectivity index (χ0n) is 18.3. The van der Waals surface area contributed by atoms with Crippen LogP contribution in [0.15, 0.2) is 59.8 Å². The molecule has 0 atom stereocenters. The Morgan fingerprint density at radius 3 is 2.56 bits per heavy atom. The summed E-state index contributed by atoms with van der Waals surface area (Å²) < 4.78 is 7.99.